The molecular formula is C21H22F6N3O5PS. The smallest absolute Gasteiger partial charge is 0.303 e. The first-order valence-electron chi connectivity index (χ1n) is 10.4. The predicted octanol–water partition coefficient (Wildman–Crippen LogP) is 4.38. The predicted molar refractivity (Wildman–Crippen MR) is 124 cm³/mol. The van der Waals surface area contributed by atoms with Gasteiger partial charge in [0.15, 0.2) is 0 Å². The molecule has 2 aliphatic heterocycles. The zero-order chi connectivity index (χ0) is 28.0. The molecule has 0 spiro atoms. The van der Waals surface area contributed by atoms with Crippen molar-refractivity contribution in [2.45, 2.75) is 31.7 Å². The quantitative estimate of drug-likeness (QED) is 0.240. The number of hydrogen-bond acceptors (Lipinski definition) is 5. The molecule has 2 saturated heterocycles. The van der Waals surface area contributed by atoms with Crippen molar-refractivity contribution < 1.29 is 50.4 Å². The summed E-state index contributed by atoms with van der Waals surface area (Å²) >= 11 is 1.01. The second-order valence-electron chi connectivity index (χ2n) is 7.91. The first kappa shape index (κ1) is 30.9. The van der Waals surface area contributed by atoms with E-state index in [1.807, 2.05) is 6.08 Å². The summed E-state index contributed by atoms with van der Waals surface area (Å²) < 4.78 is 87.5. The molecule has 16 heteroatoms. The summed E-state index contributed by atoms with van der Waals surface area (Å²) in [5.41, 5.74) is -2.77. The number of allylic oxidation sites excluding steroid dienone is 1. The van der Waals surface area contributed by atoms with Crippen LogP contribution in [0, 0.1) is 18.3 Å². The van der Waals surface area contributed by atoms with Crippen molar-refractivity contribution in [2.75, 3.05) is 19.6 Å². The van der Waals surface area contributed by atoms with Gasteiger partial charge < -0.3 is 20.0 Å². The van der Waals surface area contributed by atoms with Gasteiger partial charge in [-0.05, 0) is 61.3 Å². The number of phosphoric acid groups is 1. The number of thioether (sulfide) groups is 1. The van der Waals surface area contributed by atoms with Crippen LogP contribution < -0.4 is 5.32 Å². The zero-order valence-electron chi connectivity index (χ0n) is 18.9. The van der Waals surface area contributed by atoms with Crippen molar-refractivity contribution in [3.63, 3.8) is 0 Å². The van der Waals surface area contributed by atoms with Crippen LogP contribution in [0.25, 0.3) is 0 Å². The van der Waals surface area contributed by atoms with Crippen molar-refractivity contribution in [2.24, 2.45) is 10.9 Å². The van der Waals surface area contributed by atoms with Gasteiger partial charge >= 0.3 is 20.2 Å². The van der Waals surface area contributed by atoms with Crippen molar-refractivity contribution in [3.8, 4) is 12.3 Å². The number of benzene rings is 1. The van der Waals surface area contributed by atoms with Gasteiger partial charge in [0.2, 0.25) is 0 Å². The Balaban J connectivity index is 0.000000877. The summed E-state index contributed by atoms with van der Waals surface area (Å²) in [5.74, 6) is 2.87. The summed E-state index contributed by atoms with van der Waals surface area (Å²) in [7, 11) is -4.64. The highest BCUT2D eigenvalue weighted by atomic mass is 32.2. The third-order valence-electron chi connectivity index (χ3n) is 5.14. The van der Waals surface area contributed by atoms with Gasteiger partial charge in [-0.3, -0.25) is 14.7 Å². The molecule has 0 bridgehead atoms. The zero-order valence-corrected chi connectivity index (χ0v) is 20.6. The molecule has 0 radical (unpaired) electrons. The van der Waals surface area contributed by atoms with Crippen LogP contribution in [-0.4, -0.2) is 50.3 Å². The first-order valence-corrected chi connectivity index (χ1v) is 12.8. The Morgan fingerprint density at radius 1 is 1.16 bits per heavy atom. The second-order valence-corrected chi connectivity index (χ2v) is 9.95. The number of amidine groups is 1. The molecular weight excluding hydrogens is 551 g/mol. The van der Waals surface area contributed by atoms with E-state index in [1.54, 1.807) is 4.90 Å². The molecule has 3 rings (SSSR count). The highest BCUT2D eigenvalue weighted by Crippen LogP contribution is 2.38. The fourth-order valence-electron chi connectivity index (χ4n) is 3.57. The Labute approximate surface area is 212 Å². The number of hydrogen-bond donors (Lipinski definition) is 4. The van der Waals surface area contributed by atoms with Crippen LogP contribution in [0.2, 0.25) is 0 Å². The first-order chi connectivity index (χ1) is 17.0. The van der Waals surface area contributed by atoms with Gasteiger partial charge in [0, 0.05) is 6.54 Å². The molecule has 2 aliphatic rings. The van der Waals surface area contributed by atoms with E-state index in [0.29, 0.717) is 42.7 Å². The number of alkyl halides is 6. The van der Waals surface area contributed by atoms with Crippen LogP contribution in [0.15, 0.2) is 34.2 Å². The van der Waals surface area contributed by atoms with E-state index in [0.717, 1.165) is 17.8 Å². The number of nitrogens with one attached hydrogen (secondary N) is 1. The monoisotopic (exact) mass is 573 g/mol. The van der Waals surface area contributed by atoms with Crippen LogP contribution in [0.3, 0.4) is 0 Å². The molecule has 1 amide bonds. The van der Waals surface area contributed by atoms with Crippen molar-refractivity contribution in [1.29, 1.82) is 0 Å². The molecule has 1 aromatic carbocycles. The topological polar surface area (TPSA) is 122 Å². The van der Waals surface area contributed by atoms with Gasteiger partial charge in [-0.25, -0.2) is 4.57 Å². The number of carbonyl (C=O) groups excluding carboxylic acids is 1. The van der Waals surface area contributed by atoms with E-state index >= 15 is 0 Å². The minimum absolute atomic E-state index is 0.0900. The summed E-state index contributed by atoms with van der Waals surface area (Å²) in [6.45, 7) is 0.964. The minimum Gasteiger partial charge on any atom is -0.303 e. The number of likely N-dealkylation sites (tertiary alicyclic amines) is 1. The maximum Gasteiger partial charge on any atom is 0.466 e. The number of nitrogens with zero attached hydrogens (tertiary/aromatic N) is 2. The van der Waals surface area contributed by atoms with Gasteiger partial charge in [-0.15, -0.1) is 6.42 Å². The number of halogens is 6. The Morgan fingerprint density at radius 2 is 1.76 bits per heavy atom. The molecule has 0 aliphatic carbocycles. The molecule has 0 saturated carbocycles. The van der Waals surface area contributed by atoms with Crippen molar-refractivity contribution in [1.82, 2.24) is 10.2 Å². The Morgan fingerprint density at radius 3 is 2.27 bits per heavy atom. The molecule has 204 valence electrons. The van der Waals surface area contributed by atoms with Crippen LogP contribution in [-0.2, 0) is 23.5 Å². The summed E-state index contributed by atoms with van der Waals surface area (Å²) in [6.07, 6.45) is -1.37. The van der Waals surface area contributed by atoms with Gasteiger partial charge in [-0.1, -0.05) is 18.1 Å². The van der Waals surface area contributed by atoms with E-state index in [4.69, 9.17) is 25.7 Å². The van der Waals surface area contributed by atoms with E-state index in [9.17, 15) is 31.1 Å². The van der Waals surface area contributed by atoms with Gasteiger partial charge in [0.05, 0.1) is 16.0 Å². The number of amides is 1. The lowest BCUT2D eigenvalue weighted by atomic mass is 9.95. The van der Waals surface area contributed by atoms with Crippen LogP contribution in [0.1, 0.15) is 29.5 Å². The third kappa shape index (κ3) is 10.5. The summed E-state index contributed by atoms with van der Waals surface area (Å²) in [6, 6.07) is 1.76. The fraction of sp³-hybridized carbons (Fsp3) is 0.429. The fourth-order valence-corrected chi connectivity index (χ4v) is 4.39. The largest absolute Gasteiger partial charge is 0.466 e. The minimum atomic E-state index is -4.88. The maximum absolute atomic E-state index is 13.4. The van der Waals surface area contributed by atoms with Gasteiger partial charge in [-0.2, -0.15) is 26.3 Å². The number of aliphatic imine (C=N–C) groups is 1. The molecule has 37 heavy (non-hydrogen) atoms. The number of rotatable bonds is 4. The Bertz CT molecular complexity index is 1130. The molecule has 8 nitrogen and oxygen atoms in total. The van der Waals surface area contributed by atoms with Crippen molar-refractivity contribution in [3.05, 3.63) is 45.9 Å². The summed E-state index contributed by atoms with van der Waals surface area (Å²) in [4.78, 5) is 39.8. The lowest BCUT2D eigenvalue weighted by Gasteiger charge is -2.31. The average molecular weight is 573 g/mol. The van der Waals surface area contributed by atoms with Crippen molar-refractivity contribution >= 4 is 30.7 Å². The molecule has 2 fully saturated rings. The maximum atomic E-state index is 13.4. The molecule has 0 atom stereocenters. The van der Waals surface area contributed by atoms with E-state index in [1.165, 1.54) is 0 Å². The molecule has 1 aromatic rings. The number of terminal acetylenes is 1. The standard InChI is InChI=1S/C21H19F6N3OS.H3O4P/c1-2-7-28-18-17(32-19(31)29-18)10-13-5-8-30(9-6-13)12-14-3-4-15(20(22,23)24)11-16(14)21(25,26)27;1-5(2,3)4/h1,3-4,10-11,13H,5-9,12H2,(H,28,29,31);(H3,1,2,3,4). The van der Waals surface area contributed by atoms with Crippen LogP contribution >= 0.6 is 19.6 Å². The molecule has 4 N–H and O–H groups in total. The van der Waals surface area contributed by atoms with E-state index in [2.05, 4.69) is 16.2 Å². The normalized spacial score (nSPS) is 19.9. The SMILES string of the molecule is C#CCN=C1NC(=O)SC1=CC1CCN(Cc2ccc(C(F)(F)F)cc2C(F)(F)F)CC1.O=P(O)(O)O. The molecule has 2 heterocycles. The Hall–Kier alpha value is -2.34. The number of piperidine rings is 1. The number of carbonyl (C=O) groups is 1. The van der Waals surface area contributed by atoms with Gasteiger partial charge in [0.25, 0.3) is 5.24 Å². The lowest BCUT2D eigenvalue weighted by Crippen LogP contribution is -2.33. The van der Waals surface area contributed by atoms with E-state index < -0.39 is 31.3 Å². The molecule has 0 unspecified atom stereocenters. The highest BCUT2D eigenvalue weighted by Gasteiger charge is 2.38. The van der Waals surface area contributed by atoms with Crippen LogP contribution in [0.4, 0.5) is 31.1 Å². The third-order valence-corrected chi connectivity index (χ3v) is 5.98. The molecule has 0 aromatic heterocycles. The second kappa shape index (κ2) is 12.5. The van der Waals surface area contributed by atoms with E-state index in [-0.39, 0.29) is 35.9 Å². The van der Waals surface area contributed by atoms with Gasteiger partial charge in [0.1, 0.15) is 12.4 Å². The lowest BCUT2D eigenvalue weighted by molar-refractivity contribution is -0.143. The highest BCUT2D eigenvalue weighted by molar-refractivity contribution is 8.18. The average Bonchev–Trinajstić information content (AvgIpc) is 3.10. The van der Waals surface area contributed by atoms with Crippen LogP contribution in [0.5, 0.6) is 0 Å². The summed E-state index contributed by atoms with van der Waals surface area (Å²) in [5, 5.41) is 2.36. The Kier molecular flexibility index (Phi) is 10.4.